The number of rotatable bonds is 7. The maximum Gasteiger partial charge on any atom is 0.0716 e. The molecule has 1 aromatic carbocycles. The van der Waals surface area contributed by atoms with Crippen molar-refractivity contribution in [1.29, 1.82) is 0 Å². The first-order chi connectivity index (χ1) is 8.27. The molecule has 0 bridgehead atoms. The van der Waals surface area contributed by atoms with Crippen molar-refractivity contribution in [3.05, 3.63) is 35.9 Å². The second-order valence-corrected chi connectivity index (χ2v) is 5.16. The van der Waals surface area contributed by atoms with Gasteiger partial charge in [-0.05, 0) is 44.2 Å². The SMILES string of the molecule is CNC(C)C1(CCOCc2ccccc2)CC1. The Balaban J connectivity index is 1.67. The van der Waals surface area contributed by atoms with Crippen LogP contribution in [0, 0.1) is 5.41 Å². The average Bonchev–Trinajstić information content (AvgIpc) is 3.16. The zero-order valence-electron chi connectivity index (χ0n) is 10.9. The topological polar surface area (TPSA) is 21.3 Å². The molecule has 94 valence electrons. The molecular formula is C15H23NO. The molecule has 0 radical (unpaired) electrons. The lowest BCUT2D eigenvalue weighted by molar-refractivity contribution is 0.0985. The minimum Gasteiger partial charge on any atom is -0.377 e. The summed E-state index contributed by atoms with van der Waals surface area (Å²) >= 11 is 0. The van der Waals surface area contributed by atoms with Crippen LogP contribution in [-0.4, -0.2) is 19.7 Å². The van der Waals surface area contributed by atoms with Gasteiger partial charge in [0.05, 0.1) is 6.61 Å². The van der Waals surface area contributed by atoms with E-state index in [4.69, 9.17) is 4.74 Å². The summed E-state index contributed by atoms with van der Waals surface area (Å²) in [6, 6.07) is 11.0. The van der Waals surface area contributed by atoms with Crippen molar-refractivity contribution in [2.24, 2.45) is 5.41 Å². The molecule has 0 saturated heterocycles. The highest BCUT2D eigenvalue weighted by molar-refractivity contribution is 5.13. The molecule has 1 N–H and O–H groups in total. The minimum atomic E-state index is 0.519. The van der Waals surface area contributed by atoms with E-state index in [0.29, 0.717) is 11.5 Å². The summed E-state index contributed by atoms with van der Waals surface area (Å²) in [6.07, 6.45) is 3.88. The molecule has 1 aliphatic rings. The van der Waals surface area contributed by atoms with Crippen molar-refractivity contribution in [2.45, 2.75) is 38.8 Å². The van der Waals surface area contributed by atoms with Crippen molar-refractivity contribution in [3.8, 4) is 0 Å². The number of ether oxygens (including phenoxy) is 1. The van der Waals surface area contributed by atoms with Crippen LogP contribution in [0.15, 0.2) is 30.3 Å². The largest absolute Gasteiger partial charge is 0.377 e. The first kappa shape index (κ1) is 12.6. The lowest BCUT2D eigenvalue weighted by Crippen LogP contribution is -2.32. The summed E-state index contributed by atoms with van der Waals surface area (Å²) in [5.41, 5.74) is 1.78. The first-order valence-corrected chi connectivity index (χ1v) is 6.56. The summed E-state index contributed by atoms with van der Waals surface area (Å²) in [5.74, 6) is 0. The molecule has 0 amide bonds. The van der Waals surface area contributed by atoms with E-state index in [1.165, 1.54) is 24.8 Å². The van der Waals surface area contributed by atoms with Crippen LogP contribution in [-0.2, 0) is 11.3 Å². The van der Waals surface area contributed by atoms with Crippen LogP contribution in [0.4, 0.5) is 0 Å². The van der Waals surface area contributed by atoms with Crippen molar-refractivity contribution in [1.82, 2.24) is 5.32 Å². The molecule has 17 heavy (non-hydrogen) atoms. The van der Waals surface area contributed by atoms with Gasteiger partial charge in [0, 0.05) is 12.6 Å². The average molecular weight is 233 g/mol. The van der Waals surface area contributed by atoms with Gasteiger partial charge in [0.2, 0.25) is 0 Å². The highest BCUT2D eigenvalue weighted by Crippen LogP contribution is 2.51. The van der Waals surface area contributed by atoms with Gasteiger partial charge in [-0.15, -0.1) is 0 Å². The fourth-order valence-electron chi connectivity index (χ4n) is 2.41. The lowest BCUT2D eigenvalue weighted by Gasteiger charge is -2.22. The van der Waals surface area contributed by atoms with Crippen LogP contribution >= 0.6 is 0 Å². The van der Waals surface area contributed by atoms with Gasteiger partial charge in [0.15, 0.2) is 0 Å². The summed E-state index contributed by atoms with van der Waals surface area (Å²) < 4.78 is 5.76. The predicted molar refractivity (Wildman–Crippen MR) is 70.9 cm³/mol. The van der Waals surface area contributed by atoms with E-state index in [9.17, 15) is 0 Å². The monoisotopic (exact) mass is 233 g/mol. The smallest absolute Gasteiger partial charge is 0.0716 e. The van der Waals surface area contributed by atoms with Crippen LogP contribution in [0.3, 0.4) is 0 Å². The third-order valence-corrected chi connectivity index (χ3v) is 4.10. The van der Waals surface area contributed by atoms with Crippen molar-refractivity contribution >= 4 is 0 Å². The highest BCUT2D eigenvalue weighted by Gasteiger charge is 2.46. The van der Waals surface area contributed by atoms with Gasteiger partial charge in [-0.1, -0.05) is 30.3 Å². The van der Waals surface area contributed by atoms with Crippen LogP contribution < -0.4 is 5.32 Å². The summed E-state index contributed by atoms with van der Waals surface area (Å²) in [4.78, 5) is 0. The molecule has 0 heterocycles. The second kappa shape index (κ2) is 5.65. The van der Waals surface area contributed by atoms with Crippen LogP contribution in [0.25, 0.3) is 0 Å². The molecule has 2 heteroatoms. The van der Waals surface area contributed by atoms with E-state index in [-0.39, 0.29) is 0 Å². The van der Waals surface area contributed by atoms with E-state index in [1.807, 2.05) is 6.07 Å². The van der Waals surface area contributed by atoms with Crippen LogP contribution in [0.5, 0.6) is 0 Å². The Hall–Kier alpha value is -0.860. The normalized spacial score (nSPS) is 18.9. The predicted octanol–water partition coefficient (Wildman–Crippen LogP) is 2.98. The van der Waals surface area contributed by atoms with Gasteiger partial charge in [-0.3, -0.25) is 0 Å². The van der Waals surface area contributed by atoms with Crippen LogP contribution in [0.2, 0.25) is 0 Å². The molecule has 2 nitrogen and oxygen atoms in total. The van der Waals surface area contributed by atoms with Gasteiger partial charge in [-0.25, -0.2) is 0 Å². The number of nitrogens with one attached hydrogen (secondary N) is 1. The van der Waals surface area contributed by atoms with Gasteiger partial charge in [-0.2, -0.15) is 0 Å². The second-order valence-electron chi connectivity index (χ2n) is 5.16. The van der Waals surface area contributed by atoms with Crippen molar-refractivity contribution in [3.63, 3.8) is 0 Å². The molecule has 0 aliphatic heterocycles. The van der Waals surface area contributed by atoms with Crippen molar-refractivity contribution < 1.29 is 4.74 Å². The Kier molecular flexibility index (Phi) is 4.19. The molecule has 2 rings (SSSR count). The molecule has 1 unspecified atom stereocenters. The Labute approximate surface area is 104 Å². The number of benzene rings is 1. The number of hydrogen-bond donors (Lipinski definition) is 1. The molecule has 0 aromatic heterocycles. The Bertz CT molecular complexity index is 332. The van der Waals surface area contributed by atoms with Crippen molar-refractivity contribution in [2.75, 3.05) is 13.7 Å². The van der Waals surface area contributed by atoms with Crippen LogP contribution in [0.1, 0.15) is 31.7 Å². The number of hydrogen-bond acceptors (Lipinski definition) is 2. The zero-order valence-corrected chi connectivity index (χ0v) is 10.9. The Morgan fingerprint density at radius 3 is 2.59 bits per heavy atom. The summed E-state index contributed by atoms with van der Waals surface area (Å²) in [5, 5.41) is 3.37. The maximum atomic E-state index is 5.76. The molecule has 1 atom stereocenters. The quantitative estimate of drug-likeness (QED) is 0.731. The summed E-state index contributed by atoms with van der Waals surface area (Å²) in [6.45, 7) is 3.90. The standard InChI is InChI=1S/C15H23NO/c1-13(16-2)15(8-9-15)10-11-17-12-14-6-4-3-5-7-14/h3-7,13,16H,8-12H2,1-2H3. The van der Waals surface area contributed by atoms with E-state index in [2.05, 4.69) is 43.6 Å². The van der Waals surface area contributed by atoms with Gasteiger partial charge < -0.3 is 10.1 Å². The van der Waals surface area contributed by atoms with E-state index >= 15 is 0 Å². The maximum absolute atomic E-state index is 5.76. The molecular weight excluding hydrogens is 210 g/mol. The summed E-state index contributed by atoms with van der Waals surface area (Å²) in [7, 11) is 2.05. The highest BCUT2D eigenvalue weighted by atomic mass is 16.5. The Morgan fingerprint density at radius 1 is 1.29 bits per heavy atom. The zero-order chi connectivity index (χ0) is 12.1. The fourth-order valence-corrected chi connectivity index (χ4v) is 2.41. The lowest BCUT2D eigenvalue weighted by atomic mass is 9.94. The molecule has 1 aliphatic carbocycles. The fraction of sp³-hybridized carbons (Fsp3) is 0.600. The molecule has 1 aromatic rings. The Morgan fingerprint density at radius 2 is 2.00 bits per heavy atom. The van der Waals surface area contributed by atoms with E-state index in [1.54, 1.807) is 0 Å². The van der Waals surface area contributed by atoms with E-state index in [0.717, 1.165) is 13.2 Å². The molecule has 0 spiro atoms. The third-order valence-electron chi connectivity index (χ3n) is 4.10. The van der Waals surface area contributed by atoms with E-state index < -0.39 is 0 Å². The van der Waals surface area contributed by atoms with Gasteiger partial charge >= 0.3 is 0 Å². The molecule has 1 saturated carbocycles. The third kappa shape index (κ3) is 3.30. The minimum absolute atomic E-state index is 0.519. The van der Waals surface area contributed by atoms with Gasteiger partial charge in [0.25, 0.3) is 0 Å². The molecule has 1 fully saturated rings. The van der Waals surface area contributed by atoms with Gasteiger partial charge in [0.1, 0.15) is 0 Å². The first-order valence-electron chi connectivity index (χ1n) is 6.56.